The van der Waals surface area contributed by atoms with E-state index in [1.807, 2.05) is 0 Å². The fraction of sp³-hybridized carbons (Fsp3) is 0.520. The van der Waals surface area contributed by atoms with E-state index in [4.69, 9.17) is 4.74 Å². The van der Waals surface area contributed by atoms with Crippen LogP contribution in [0.1, 0.15) is 42.5 Å². The number of ether oxygens (including phenoxy) is 1. The highest BCUT2D eigenvalue weighted by Crippen LogP contribution is 2.31. The van der Waals surface area contributed by atoms with E-state index >= 15 is 0 Å². The highest BCUT2D eigenvalue weighted by molar-refractivity contribution is 6.45. The van der Waals surface area contributed by atoms with Crippen molar-refractivity contribution in [2.75, 3.05) is 39.8 Å². The number of carboxylic acid groups (broad SMARTS) is 1. The molecule has 10 heteroatoms. The Kier molecular flexibility index (Phi) is 7.70. The van der Waals surface area contributed by atoms with Gasteiger partial charge < -0.3 is 29.9 Å². The summed E-state index contributed by atoms with van der Waals surface area (Å²) in [5, 5.41) is 13.4. The second kappa shape index (κ2) is 10.9. The number of nitrogens with zero attached hydrogens (tertiary/aromatic N) is 2. The molecule has 1 saturated carbocycles. The number of nitrogens with one attached hydrogen (secondary N) is 2. The molecule has 188 valence electrons. The van der Waals surface area contributed by atoms with Crippen LogP contribution in [-0.4, -0.2) is 89.3 Å². The first-order chi connectivity index (χ1) is 16.9. The van der Waals surface area contributed by atoms with Crippen molar-refractivity contribution in [3.63, 3.8) is 0 Å². The average Bonchev–Trinajstić information content (AvgIpc) is 3.31. The number of rotatable bonds is 8. The summed E-state index contributed by atoms with van der Waals surface area (Å²) in [6.07, 6.45) is 5.72. The van der Waals surface area contributed by atoms with Crippen molar-refractivity contribution in [2.24, 2.45) is 5.92 Å². The molecule has 2 amide bonds. The third-order valence-electron chi connectivity index (χ3n) is 7.01. The highest BCUT2D eigenvalue weighted by Gasteiger charge is 2.42. The number of methoxy groups -OCH3 is 1. The van der Waals surface area contributed by atoms with Gasteiger partial charge in [-0.1, -0.05) is 19.3 Å². The Hall–Kier alpha value is -3.40. The molecule has 2 heterocycles. The SMILES string of the molecule is COc1ccc2c(C(=O)C(=O)N(CC(=O)O)[C@@H](C(=O)N3CCNCC3)C3CCCCC3)c[nH]c2c1. The summed E-state index contributed by atoms with van der Waals surface area (Å²) < 4.78 is 5.21. The van der Waals surface area contributed by atoms with Crippen molar-refractivity contribution in [2.45, 2.75) is 38.1 Å². The lowest BCUT2D eigenvalue weighted by atomic mass is 9.82. The normalized spacial score (nSPS) is 17.7. The van der Waals surface area contributed by atoms with Crippen molar-refractivity contribution < 1.29 is 29.0 Å². The van der Waals surface area contributed by atoms with Crippen molar-refractivity contribution in [1.82, 2.24) is 20.1 Å². The standard InChI is InChI=1S/C25H32N4O6/c1-35-17-7-8-18-19(14-27-20(18)13-17)23(32)25(34)29(15-21(30)31)22(16-5-3-2-4-6-16)24(33)28-11-9-26-10-12-28/h7-8,13-14,16,22,26-27H,2-6,9-12,15H2,1H3,(H,30,31)/t22-/m1/s1. The van der Waals surface area contributed by atoms with Gasteiger partial charge in [-0.15, -0.1) is 0 Å². The summed E-state index contributed by atoms with van der Waals surface area (Å²) in [6.45, 7) is 1.52. The predicted octanol–water partition coefficient (Wildman–Crippen LogP) is 1.65. The molecule has 0 unspecified atom stereocenters. The molecule has 1 aromatic carbocycles. The number of benzene rings is 1. The van der Waals surface area contributed by atoms with Gasteiger partial charge in [-0.2, -0.15) is 0 Å². The van der Waals surface area contributed by atoms with Crippen LogP contribution in [0.2, 0.25) is 0 Å². The number of ketones is 1. The number of carboxylic acids is 1. The topological polar surface area (TPSA) is 132 Å². The van der Waals surface area contributed by atoms with Crippen LogP contribution in [0.25, 0.3) is 10.9 Å². The molecule has 0 spiro atoms. The Bertz CT molecular complexity index is 1100. The highest BCUT2D eigenvalue weighted by atomic mass is 16.5. The van der Waals surface area contributed by atoms with Gasteiger partial charge in [0, 0.05) is 49.3 Å². The van der Waals surface area contributed by atoms with Gasteiger partial charge in [0.2, 0.25) is 5.91 Å². The third-order valence-corrected chi connectivity index (χ3v) is 7.01. The third kappa shape index (κ3) is 5.32. The summed E-state index contributed by atoms with van der Waals surface area (Å²) in [5.74, 6) is -2.93. The minimum absolute atomic E-state index is 0.139. The van der Waals surface area contributed by atoms with E-state index in [2.05, 4.69) is 10.3 Å². The van der Waals surface area contributed by atoms with Gasteiger partial charge in [-0.05, 0) is 30.9 Å². The van der Waals surface area contributed by atoms with Gasteiger partial charge in [0.1, 0.15) is 18.3 Å². The molecule has 0 radical (unpaired) electrons. The Morgan fingerprint density at radius 3 is 2.51 bits per heavy atom. The molecule has 0 bridgehead atoms. The van der Waals surface area contributed by atoms with Gasteiger partial charge in [0.15, 0.2) is 0 Å². The summed E-state index contributed by atoms with van der Waals surface area (Å²) in [7, 11) is 1.53. The fourth-order valence-corrected chi connectivity index (χ4v) is 5.22. The van der Waals surface area contributed by atoms with Crippen LogP contribution in [0.15, 0.2) is 24.4 Å². The summed E-state index contributed by atoms with van der Waals surface area (Å²) in [5.41, 5.74) is 0.756. The minimum Gasteiger partial charge on any atom is -0.497 e. The second-order valence-corrected chi connectivity index (χ2v) is 9.19. The molecule has 1 atom stereocenters. The minimum atomic E-state index is -1.26. The summed E-state index contributed by atoms with van der Waals surface area (Å²) in [6, 6.07) is 4.10. The van der Waals surface area contributed by atoms with Crippen molar-refractivity contribution >= 4 is 34.5 Å². The number of aliphatic carboxylic acids is 1. The first kappa shape index (κ1) is 24.7. The first-order valence-corrected chi connectivity index (χ1v) is 12.1. The van der Waals surface area contributed by atoms with E-state index in [-0.39, 0.29) is 17.4 Å². The second-order valence-electron chi connectivity index (χ2n) is 9.19. The average molecular weight is 485 g/mol. The Balaban J connectivity index is 1.68. The maximum atomic E-state index is 13.7. The molecule has 35 heavy (non-hydrogen) atoms. The fourth-order valence-electron chi connectivity index (χ4n) is 5.22. The maximum Gasteiger partial charge on any atom is 0.323 e. The molecule has 1 aliphatic heterocycles. The van der Waals surface area contributed by atoms with Gasteiger partial charge in [-0.25, -0.2) is 0 Å². The molecule has 1 aromatic heterocycles. The summed E-state index contributed by atoms with van der Waals surface area (Å²) in [4.78, 5) is 58.2. The number of Topliss-reactive ketones (excluding diaryl/α,β-unsaturated/α-hetero) is 1. The number of carbonyl (C=O) groups excluding carboxylic acids is 3. The number of amides is 2. The smallest absolute Gasteiger partial charge is 0.323 e. The number of H-pyrrole nitrogens is 1. The van der Waals surface area contributed by atoms with E-state index in [1.165, 1.54) is 13.3 Å². The molecular formula is C25H32N4O6. The Morgan fingerprint density at radius 2 is 1.86 bits per heavy atom. The molecule has 10 nitrogen and oxygen atoms in total. The Morgan fingerprint density at radius 1 is 1.14 bits per heavy atom. The van der Waals surface area contributed by atoms with E-state index in [0.717, 1.165) is 24.2 Å². The number of fused-ring (bicyclic) bond motifs is 1. The quantitative estimate of drug-likeness (QED) is 0.383. The van der Waals surface area contributed by atoms with Crippen molar-refractivity contribution in [1.29, 1.82) is 0 Å². The predicted molar refractivity (Wildman–Crippen MR) is 128 cm³/mol. The number of piperazine rings is 1. The lowest BCUT2D eigenvalue weighted by molar-refractivity contribution is -0.152. The molecule has 2 aromatic rings. The van der Waals surface area contributed by atoms with Crippen LogP contribution >= 0.6 is 0 Å². The molecule has 4 rings (SSSR count). The molecule has 2 fully saturated rings. The van der Waals surface area contributed by atoms with Crippen LogP contribution < -0.4 is 10.1 Å². The van der Waals surface area contributed by atoms with Crippen molar-refractivity contribution in [3.05, 3.63) is 30.0 Å². The van der Waals surface area contributed by atoms with E-state index in [9.17, 15) is 24.3 Å². The number of aromatic amines is 1. The zero-order valence-electron chi connectivity index (χ0n) is 19.9. The molecular weight excluding hydrogens is 452 g/mol. The van der Waals surface area contributed by atoms with Crippen LogP contribution in [0.5, 0.6) is 5.75 Å². The van der Waals surface area contributed by atoms with Gasteiger partial charge in [0.25, 0.3) is 11.7 Å². The number of hydrogen-bond donors (Lipinski definition) is 3. The molecule has 1 aliphatic carbocycles. The van der Waals surface area contributed by atoms with Crippen molar-refractivity contribution in [3.8, 4) is 5.75 Å². The Labute approximate surface area is 203 Å². The molecule has 2 aliphatic rings. The molecule has 1 saturated heterocycles. The first-order valence-electron chi connectivity index (χ1n) is 12.1. The maximum absolute atomic E-state index is 13.7. The van der Waals surface area contributed by atoms with Crippen LogP contribution in [0.3, 0.4) is 0 Å². The van der Waals surface area contributed by atoms with Crippen LogP contribution in [0, 0.1) is 5.92 Å². The van der Waals surface area contributed by atoms with Gasteiger partial charge in [0.05, 0.1) is 12.7 Å². The zero-order chi connectivity index (χ0) is 24.9. The number of carbonyl (C=O) groups is 4. The number of aromatic nitrogens is 1. The van der Waals surface area contributed by atoms with E-state index in [0.29, 0.717) is 55.7 Å². The van der Waals surface area contributed by atoms with E-state index < -0.39 is 30.2 Å². The zero-order valence-corrected chi connectivity index (χ0v) is 19.9. The van der Waals surface area contributed by atoms with Crippen LogP contribution in [0.4, 0.5) is 0 Å². The summed E-state index contributed by atoms with van der Waals surface area (Å²) >= 11 is 0. The molecule has 3 N–H and O–H groups in total. The lowest BCUT2D eigenvalue weighted by Gasteiger charge is -2.40. The van der Waals surface area contributed by atoms with Crippen LogP contribution in [-0.2, 0) is 14.4 Å². The largest absolute Gasteiger partial charge is 0.497 e. The van der Waals surface area contributed by atoms with E-state index in [1.54, 1.807) is 23.1 Å². The van der Waals surface area contributed by atoms with Gasteiger partial charge in [-0.3, -0.25) is 19.2 Å². The van der Waals surface area contributed by atoms with Gasteiger partial charge >= 0.3 is 5.97 Å². The lowest BCUT2D eigenvalue weighted by Crippen LogP contribution is -2.59. The number of hydrogen-bond acceptors (Lipinski definition) is 6. The monoisotopic (exact) mass is 484 g/mol.